The van der Waals surface area contributed by atoms with E-state index in [0.29, 0.717) is 12.6 Å². The first-order valence-electron chi connectivity index (χ1n) is 5.61. The molecule has 1 aliphatic rings. The Morgan fingerprint density at radius 1 is 1.53 bits per heavy atom. The summed E-state index contributed by atoms with van der Waals surface area (Å²) in [6, 6.07) is 2.70. The Labute approximate surface area is 91.3 Å². The fourth-order valence-electron chi connectivity index (χ4n) is 2.08. The molecule has 0 spiro atoms. The van der Waals surface area contributed by atoms with Gasteiger partial charge in [0.2, 0.25) is 0 Å². The van der Waals surface area contributed by atoms with Crippen LogP contribution in [-0.2, 0) is 6.54 Å². The van der Waals surface area contributed by atoms with Gasteiger partial charge in [-0.15, -0.1) is 0 Å². The summed E-state index contributed by atoms with van der Waals surface area (Å²) in [5.74, 6) is 1.07. The van der Waals surface area contributed by atoms with Crippen molar-refractivity contribution in [2.75, 3.05) is 11.9 Å². The average molecular weight is 205 g/mol. The van der Waals surface area contributed by atoms with E-state index in [9.17, 15) is 0 Å². The van der Waals surface area contributed by atoms with Crippen LogP contribution in [0.4, 0.5) is 5.82 Å². The zero-order chi connectivity index (χ0) is 10.8. The Hall–Kier alpha value is -1.09. The number of rotatable bonds is 3. The second kappa shape index (κ2) is 4.19. The van der Waals surface area contributed by atoms with E-state index >= 15 is 0 Å². The highest BCUT2D eigenvalue weighted by atomic mass is 15.2. The predicted molar refractivity (Wildman–Crippen MR) is 62.9 cm³/mol. The molecule has 2 N–H and O–H groups in total. The van der Waals surface area contributed by atoms with Crippen molar-refractivity contribution in [1.82, 2.24) is 4.98 Å². The van der Waals surface area contributed by atoms with Crippen molar-refractivity contribution in [3.8, 4) is 0 Å². The quantitative estimate of drug-likeness (QED) is 0.818. The molecule has 1 saturated carbocycles. The molecule has 0 radical (unpaired) electrons. The second-order valence-electron chi connectivity index (χ2n) is 4.33. The summed E-state index contributed by atoms with van der Waals surface area (Å²) in [6.45, 7) is 2.67. The molecule has 3 heteroatoms. The molecule has 3 nitrogen and oxygen atoms in total. The summed E-state index contributed by atoms with van der Waals surface area (Å²) in [7, 11) is 2.13. The first-order chi connectivity index (χ1) is 7.24. The minimum absolute atomic E-state index is 0.575. The van der Waals surface area contributed by atoms with Gasteiger partial charge in [0.1, 0.15) is 5.82 Å². The van der Waals surface area contributed by atoms with Crippen LogP contribution in [0.15, 0.2) is 12.3 Å². The molecule has 0 amide bonds. The SMILES string of the molecule is Cc1ccnc(N(C)C2CCC2)c1CN. The van der Waals surface area contributed by atoms with E-state index in [1.165, 1.54) is 30.4 Å². The first kappa shape index (κ1) is 10.4. The van der Waals surface area contributed by atoms with Crippen molar-refractivity contribution in [2.45, 2.75) is 38.8 Å². The molecule has 15 heavy (non-hydrogen) atoms. The Balaban J connectivity index is 2.29. The smallest absolute Gasteiger partial charge is 0.133 e. The maximum atomic E-state index is 5.78. The highest BCUT2D eigenvalue weighted by molar-refractivity contribution is 5.50. The van der Waals surface area contributed by atoms with Crippen LogP contribution in [0, 0.1) is 6.92 Å². The van der Waals surface area contributed by atoms with E-state index < -0.39 is 0 Å². The number of hydrogen-bond acceptors (Lipinski definition) is 3. The van der Waals surface area contributed by atoms with Crippen LogP contribution in [0.1, 0.15) is 30.4 Å². The van der Waals surface area contributed by atoms with E-state index in [1.807, 2.05) is 12.3 Å². The van der Waals surface area contributed by atoms with Crippen LogP contribution in [0.5, 0.6) is 0 Å². The normalized spacial score (nSPS) is 16.2. The van der Waals surface area contributed by atoms with Gasteiger partial charge in [-0.25, -0.2) is 4.98 Å². The fraction of sp³-hybridized carbons (Fsp3) is 0.583. The number of anilines is 1. The van der Waals surface area contributed by atoms with Gasteiger partial charge in [0.15, 0.2) is 0 Å². The zero-order valence-electron chi connectivity index (χ0n) is 9.53. The van der Waals surface area contributed by atoms with Crippen molar-refractivity contribution < 1.29 is 0 Å². The second-order valence-corrected chi connectivity index (χ2v) is 4.33. The Morgan fingerprint density at radius 2 is 2.27 bits per heavy atom. The summed E-state index contributed by atoms with van der Waals surface area (Å²) in [5.41, 5.74) is 8.21. The predicted octanol–water partition coefficient (Wildman–Crippen LogP) is 1.84. The maximum Gasteiger partial charge on any atom is 0.133 e. The van der Waals surface area contributed by atoms with Crippen LogP contribution >= 0.6 is 0 Å². The molecule has 82 valence electrons. The van der Waals surface area contributed by atoms with Gasteiger partial charge in [0, 0.05) is 31.4 Å². The Morgan fingerprint density at radius 3 is 2.80 bits per heavy atom. The highest BCUT2D eigenvalue weighted by Crippen LogP contribution is 2.29. The summed E-state index contributed by atoms with van der Waals surface area (Å²) < 4.78 is 0. The van der Waals surface area contributed by atoms with Crippen molar-refractivity contribution in [3.05, 3.63) is 23.4 Å². The topological polar surface area (TPSA) is 42.2 Å². The number of aromatic nitrogens is 1. The molecule has 1 fully saturated rings. The van der Waals surface area contributed by atoms with E-state index in [-0.39, 0.29) is 0 Å². The lowest BCUT2D eigenvalue weighted by molar-refractivity contribution is 0.398. The molecule has 1 aromatic heterocycles. The number of aryl methyl sites for hydroxylation is 1. The molecule has 0 aromatic carbocycles. The number of hydrogen-bond donors (Lipinski definition) is 1. The van der Waals surface area contributed by atoms with Gasteiger partial charge in [-0.2, -0.15) is 0 Å². The Bertz CT molecular complexity index is 345. The van der Waals surface area contributed by atoms with Crippen LogP contribution < -0.4 is 10.6 Å². The zero-order valence-corrected chi connectivity index (χ0v) is 9.53. The van der Waals surface area contributed by atoms with Crippen molar-refractivity contribution in [1.29, 1.82) is 0 Å². The molecule has 1 heterocycles. The third-order valence-electron chi connectivity index (χ3n) is 3.43. The van der Waals surface area contributed by atoms with Gasteiger partial charge in [-0.05, 0) is 37.8 Å². The van der Waals surface area contributed by atoms with Crippen molar-refractivity contribution in [2.24, 2.45) is 5.73 Å². The molecule has 2 rings (SSSR count). The van der Waals surface area contributed by atoms with E-state index in [0.717, 1.165) is 5.82 Å². The van der Waals surface area contributed by atoms with Gasteiger partial charge < -0.3 is 10.6 Å². The van der Waals surface area contributed by atoms with Gasteiger partial charge >= 0.3 is 0 Å². The largest absolute Gasteiger partial charge is 0.356 e. The standard InChI is InChI=1S/C12H19N3/c1-9-6-7-14-12(11(9)8-13)15(2)10-4-3-5-10/h6-7,10H,3-5,8,13H2,1-2H3. The highest BCUT2D eigenvalue weighted by Gasteiger charge is 2.24. The van der Waals surface area contributed by atoms with Gasteiger partial charge in [-0.3, -0.25) is 0 Å². The lowest BCUT2D eigenvalue weighted by atomic mass is 9.91. The van der Waals surface area contributed by atoms with E-state index in [1.54, 1.807) is 0 Å². The average Bonchev–Trinajstić information content (AvgIpc) is 2.14. The van der Waals surface area contributed by atoms with Crippen LogP contribution in [0.3, 0.4) is 0 Å². The summed E-state index contributed by atoms with van der Waals surface area (Å²) in [5, 5.41) is 0. The third kappa shape index (κ3) is 1.84. The molecular weight excluding hydrogens is 186 g/mol. The number of pyridine rings is 1. The maximum absolute atomic E-state index is 5.78. The summed E-state index contributed by atoms with van der Waals surface area (Å²) in [6.07, 6.45) is 5.80. The minimum Gasteiger partial charge on any atom is -0.356 e. The molecule has 1 aromatic rings. The van der Waals surface area contributed by atoms with Crippen LogP contribution in [0.25, 0.3) is 0 Å². The Kier molecular flexibility index (Phi) is 2.91. The molecular formula is C12H19N3. The lowest BCUT2D eigenvalue weighted by Crippen LogP contribution is -2.38. The first-order valence-corrected chi connectivity index (χ1v) is 5.61. The van der Waals surface area contributed by atoms with Gasteiger partial charge in [0.05, 0.1) is 0 Å². The third-order valence-corrected chi connectivity index (χ3v) is 3.43. The monoisotopic (exact) mass is 205 g/mol. The van der Waals surface area contributed by atoms with E-state index in [4.69, 9.17) is 5.73 Å². The summed E-state index contributed by atoms with van der Waals surface area (Å²) >= 11 is 0. The van der Waals surface area contributed by atoms with Crippen molar-refractivity contribution >= 4 is 5.82 Å². The fourth-order valence-corrected chi connectivity index (χ4v) is 2.08. The van der Waals surface area contributed by atoms with Crippen molar-refractivity contribution in [3.63, 3.8) is 0 Å². The lowest BCUT2D eigenvalue weighted by Gasteiger charge is -2.36. The van der Waals surface area contributed by atoms with Gasteiger partial charge in [-0.1, -0.05) is 0 Å². The van der Waals surface area contributed by atoms with Crippen LogP contribution in [-0.4, -0.2) is 18.1 Å². The number of nitrogens with two attached hydrogens (primary N) is 1. The minimum atomic E-state index is 0.575. The van der Waals surface area contributed by atoms with E-state index in [2.05, 4.69) is 23.9 Å². The van der Waals surface area contributed by atoms with Crippen LogP contribution in [0.2, 0.25) is 0 Å². The van der Waals surface area contributed by atoms with Gasteiger partial charge in [0.25, 0.3) is 0 Å². The molecule has 1 aliphatic carbocycles. The molecule has 0 aliphatic heterocycles. The molecule has 0 atom stereocenters. The molecule has 0 bridgehead atoms. The molecule has 0 saturated heterocycles. The number of nitrogens with zero attached hydrogens (tertiary/aromatic N) is 2. The molecule has 0 unspecified atom stereocenters. The summed E-state index contributed by atoms with van der Waals surface area (Å²) in [4.78, 5) is 6.75.